The highest BCUT2D eigenvalue weighted by atomic mass is 79.9. The first kappa shape index (κ1) is 22.8. The fraction of sp³-hybridized carbons (Fsp3) is 0. The molecule has 0 radical (unpaired) electrons. The minimum atomic E-state index is 1.09. The third-order valence-electron chi connectivity index (χ3n) is 7.66. The summed E-state index contributed by atoms with van der Waals surface area (Å²) in [6, 6.07) is 48.3. The Morgan fingerprint density at radius 1 is 0.462 bits per heavy atom. The first-order chi connectivity index (χ1) is 19.3. The zero-order valence-electron chi connectivity index (χ0n) is 20.9. The summed E-state index contributed by atoms with van der Waals surface area (Å²) in [6.07, 6.45) is 0. The molecule has 0 saturated carbocycles. The number of hydrogen-bond donors (Lipinski definition) is 0. The van der Waals surface area contributed by atoms with Crippen molar-refractivity contribution >= 4 is 69.2 Å². The molecule has 184 valence electrons. The Kier molecular flexibility index (Phi) is 5.22. The molecule has 8 aromatic rings. The number of fused-ring (bicyclic) bond motifs is 6. The molecule has 8 rings (SSSR count). The van der Waals surface area contributed by atoms with Crippen molar-refractivity contribution in [1.29, 1.82) is 0 Å². The summed E-state index contributed by atoms with van der Waals surface area (Å²) in [6.45, 7) is 0. The van der Waals surface area contributed by atoms with E-state index >= 15 is 0 Å². The van der Waals surface area contributed by atoms with Crippen molar-refractivity contribution in [2.45, 2.75) is 0 Å². The molecular formula is C36H22BrNS. The number of halogens is 1. The molecular weight excluding hydrogens is 558 g/mol. The van der Waals surface area contributed by atoms with Crippen molar-refractivity contribution in [2.75, 3.05) is 0 Å². The highest BCUT2D eigenvalue weighted by Crippen LogP contribution is 2.44. The summed E-state index contributed by atoms with van der Waals surface area (Å²) in [4.78, 5) is 0. The van der Waals surface area contributed by atoms with Crippen LogP contribution in [0.4, 0.5) is 0 Å². The SMILES string of the molecule is Brc1ccc2c(c1)c1cc(-c3cccc4c3sc3c(-c5ccccc5)cccc34)ccc1n2-c1ccccc1. The highest BCUT2D eigenvalue weighted by Gasteiger charge is 2.17. The summed E-state index contributed by atoms with van der Waals surface area (Å²) in [7, 11) is 0. The summed E-state index contributed by atoms with van der Waals surface area (Å²) in [5.41, 5.74) is 8.69. The maximum Gasteiger partial charge on any atom is 0.0541 e. The van der Waals surface area contributed by atoms with E-state index in [4.69, 9.17) is 0 Å². The Bertz CT molecular complexity index is 2170. The first-order valence-corrected chi connectivity index (χ1v) is 14.7. The van der Waals surface area contributed by atoms with Gasteiger partial charge in [0.05, 0.1) is 11.0 Å². The van der Waals surface area contributed by atoms with E-state index < -0.39 is 0 Å². The van der Waals surface area contributed by atoms with Crippen LogP contribution in [0.3, 0.4) is 0 Å². The standard InChI is InChI=1S/C36H22BrNS/c37-25-18-20-34-32(22-25)31-21-24(17-19-33(31)38(34)26-11-5-2-6-12-26)28-14-8-16-30-29-15-7-13-27(35(29)39-36(28)30)23-9-3-1-4-10-23/h1-22H. The van der Waals surface area contributed by atoms with E-state index in [-0.39, 0.29) is 0 Å². The van der Waals surface area contributed by atoms with E-state index in [9.17, 15) is 0 Å². The van der Waals surface area contributed by atoms with Crippen LogP contribution in [0.25, 0.3) is 69.9 Å². The van der Waals surface area contributed by atoms with Gasteiger partial charge in [-0.15, -0.1) is 11.3 Å². The summed E-state index contributed by atoms with van der Waals surface area (Å²) in [5.74, 6) is 0. The van der Waals surface area contributed by atoms with Crippen molar-refractivity contribution < 1.29 is 0 Å². The largest absolute Gasteiger partial charge is 0.309 e. The highest BCUT2D eigenvalue weighted by molar-refractivity contribution is 9.10. The molecule has 0 amide bonds. The Hall–Kier alpha value is -4.18. The van der Waals surface area contributed by atoms with Crippen LogP contribution < -0.4 is 0 Å². The van der Waals surface area contributed by atoms with Gasteiger partial charge in [0.15, 0.2) is 0 Å². The molecule has 1 nitrogen and oxygen atoms in total. The first-order valence-electron chi connectivity index (χ1n) is 13.1. The molecule has 0 atom stereocenters. The number of benzene rings is 6. The molecule has 0 aliphatic rings. The second kappa shape index (κ2) is 8.94. The van der Waals surface area contributed by atoms with Gasteiger partial charge in [0, 0.05) is 41.1 Å². The number of hydrogen-bond acceptors (Lipinski definition) is 1. The van der Waals surface area contributed by atoms with Crippen LogP contribution in [0, 0.1) is 0 Å². The number of rotatable bonds is 3. The molecule has 0 N–H and O–H groups in total. The Labute approximate surface area is 238 Å². The zero-order valence-corrected chi connectivity index (χ0v) is 23.3. The van der Waals surface area contributed by atoms with Gasteiger partial charge in [0.25, 0.3) is 0 Å². The summed E-state index contributed by atoms with van der Waals surface area (Å²) in [5, 5.41) is 5.15. The molecule has 39 heavy (non-hydrogen) atoms. The molecule has 2 aromatic heterocycles. The normalized spacial score (nSPS) is 11.7. The van der Waals surface area contributed by atoms with Crippen molar-refractivity contribution in [3.05, 3.63) is 138 Å². The second-order valence-electron chi connectivity index (χ2n) is 9.90. The molecule has 0 aliphatic heterocycles. The molecule has 0 bridgehead atoms. The van der Waals surface area contributed by atoms with Crippen LogP contribution in [0.15, 0.2) is 138 Å². The van der Waals surface area contributed by atoms with Crippen LogP contribution in [-0.4, -0.2) is 4.57 Å². The quantitative estimate of drug-likeness (QED) is 0.196. The minimum absolute atomic E-state index is 1.09. The van der Waals surface area contributed by atoms with Gasteiger partial charge < -0.3 is 4.57 Å². The lowest BCUT2D eigenvalue weighted by atomic mass is 9.99. The van der Waals surface area contributed by atoms with Crippen LogP contribution in [0.5, 0.6) is 0 Å². The van der Waals surface area contributed by atoms with E-state index in [1.54, 1.807) is 0 Å². The molecule has 2 heterocycles. The molecule has 0 spiro atoms. The Morgan fingerprint density at radius 2 is 1.05 bits per heavy atom. The van der Waals surface area contributed by atoms with Gasteiger partial charge in [-0.1, -0.05) is 107 Å². The molecule has 0 unspecified atom stereocenters. The fourth-order valence-corrected chi connectivity index (χ4v) is 7.64. The second-order valence-corrected chi connectivity index (χ2v) is 11.8. The topological polar surface area (TPSA) is 4.93 Å². The van der Waals surface area contributed by atoms with Crippen molar-refractivity contribution in [2.24, 2.45) is 0 Å². The van der Waals surface area contributed by atoms with E-state index in [0.717, 1.165) is 4.47 Å². The molecule has 6 aromatic carbocycles. The number of nitrogens with zero attached hydrogens (tertiary/aromatic N) is 1. The Morgan fingerprint density at radius 3 is 1.74 bits per heavy atom. The van der Waals surface area contributed by atoms with E-state index in [1.165, 1.54) is 69.9 Å². The van der Waals surface area contributed by atoms with Crippen molar-refractivity contribution in [3.8, 4) is 27.9 Å². The van der Waals surface area contributed by atoms with Crippen molar-refractivity contribution in [3.63, 3.8) is 0 Å². The minimum Gasteiger partial charge on any atom is -0.309 e. The monoisotopic (exact) mass is 579 g/mol. The lowest BCUT2D eigenvalue weighted by Gasteiger charge is -2.08. The van der Waals surface area contributed by atoms with Crippen LogP contribution in [0.2, 0.25) is 0 Å². The van der Waals surface area contributed by atoms with Gasteiger partial charge in [0.1, 0.15) is 0 Å². The lowest BCUT2D eigenvalue weighted by Crippen LogP contribution is -1.92. The van der Waals surface area contributed by atoms with Crippen LogP contribution >= 0.6 is 27.3 Å². The predicted molar refractivity (Wildman–Crippen MR) is 172 cm³/mol. The molecule has 3 heteroatoms. The summed E-state index contributed by atoms with van der Waals surface area (Å²) < 4.78 is 6.14. The van der Waals surface area contributed by atoms with Crippen LogP contribution in [0.1, 0.15) is 0 Å². The average molecular weight is 581 g/mol. The van der Waals surface area contributed by atoms with Gasteiger partial charge in [0.2, 0.25) is 0 Å². The van der Waals surface area contributed by atoms with Crippen molar-refractivity contribution in [1.82, 2.24) is 4.57 Å². The Balaban J connectivity index is 1.39. The average Bonchev–Trinajstić information content (AvgIpc) is 3.53. The lowest BCUT2D eigenvalue weighted by molar-refractivity contribution is 1.18. The third-order valence-corrected chi connectivity index (χ3v) is 9.44. The fourth-order valence-electron chi connectivity index (χ4n) is 5.91. The van der Waals surface area contributed by atoms with E-state index in [1.807, 2.05) is 11.3 Å². The van der Waals surface area contributed by atoms with E-state index in [2.05, 4.69) is 154 Å². The summed E-state index contributed by atoms with van der Waals surface area (Å²) >= 11 is 5.62. The maximum absolute atomic E-state index is 3.72. The molecule has 0 fully saturated rings. The zero-order chi connectivity index (χ0) is 25.9. The van der Waals surface area contributed by atoms with E-state index in [0.29, 0.717) is 0 Å². The molecule has 0 saturated heterocycles. The molecule has 0 aliphatic carbocycles. The smallest absolute Gasteiger partial charge is 0.0541 e. The van der Waals surface area contributed by atoms with Gasteiger partial charge in [-0.3, -0.25) is 0 Å². The van der Waals surface area contributed by atoms with Crippen LogP contribution in [-0.2, 0) is 0 Å². The maximum atomic E-state index is 3.72. The van der Waals surface area contributed by atoms with Gasteiger partial charge in [-0.25, -0.2) is 0 Å². The van der Waals surface area contributed by atoms with Gasteiger partial charge >= 0.3 is 0 Å². The predicted octanol–water partition coefficient (Wildman–Crippen LogP) is 11.2. The number of para-hydroxylation sites is 1. The van der Waals surface area contributed by atoms with Gasteiger partial charge in [-0.2, -0.15) is 0 Å². The third kappa shape index (κ3) is 3.58. The number of aromatic nitrogens is 1. The van der Waals surface area contributed by atoms with Gasteiger partial charge in [-0.05, 0) is 64.7 Å². The number of thiophene rings is 1.